The minimum absolute atomic E-state index is 0.0191. The quantitative estimate of drug-likeness (QED) is 0.342. The molecule has 3 heterocycles. The number of fused-ring (bicyclic) bond motifs is 1. The lowest BCUT2D eigenvalue weighted by Gasteiger charge is -2.42. The van der Waals surface area contributed by atoms with Crippen molar-refractivity contribution in [2.45, 2.75) is 75.7 Å². The van der Waals surface area contributed by atoms with E-state index in [9.17, 15) is 14.4 Å². The Balaban J connectivity index is 1.09. The van der Waals surface area contributed by atoms with Crippen molar-refractivity contribution >= 4 is 40.8 Å². The average Bonchev–Trinajstić information content (AvgIpc) is 3.63. The van der Waals surface area contributed by atoms with Gasteiger partial charge in [0.1, 0.15) is 5.82 Å². The molecule has 0 spiro atoms. The van der Waals surface area contributed by atoms with E-state index in [1.54, 1.807) is 7.11 Å². The molecule has 1 unspecified atom stereocenters. The highest BCUT2D eigenvalue weighted by atomic mass is 35.5. The summed E-state index contributed by atoms with van der Waals surface area (Å²) in [7, 11) is 3.64. The summed E-state index contributed by atoms with van der Waals surface area (Å²) in [5.74, 6) is -1.68. The van der Waals surface area contributed by atoms with E-state index in [1.807, 2.05) is 48.0 Å². The highest BCUT2D eigenvalue weighted by Crippen LogP contribution is 2.37. The van der Waals surface area contributed by atoms with Gasteiger partial charge in [0, 0.05) is 52.1 Å². The van der Waals surface area contributed by atoms with Crippen LogP contribution in [0.2, 0.25) is 5.02 Å². The maximum absolute atomic E-state index is 15.5. The molecular weight excluding hydrogens is 639 g/mol. The first-order valence-electron chi connectivity index (χ1n) is 17.1. The summed E-state index contributed by atoms with van der Waals surface area (Å²) < 4.78 is 32.5. The molecule has 3 atom stereocenters. The molecule has 2 aromatic carbocycles. The third kappa shape index (κ3) is 7.49. The van der Waals surface area contributed by atoms with Gasteiger partial charge in [-0.1, -0.05) is 29.8 Å². The van der Waals surface area contributed by atoms with Gasteiger partial charge < -0.3 is 29.3 Å². The van der Waals surface area contributed by atoms with Crippen LogP contribution in [-0.4, -0.2) is 105 Å². The number of esters is 1. The number of nitrogens with one attached hydrogen (secondary N) is 1. The molecule has 2 saturated heterocycles. The van der Waals surface area contributed by atoms with Crippen LogP contribution in [0.15, 0.2) is 36.4 Å². The van der Waals surface area contributed by atoms with Gasteiger partial charge in [0.05, 0.1) is 60.4 Å². The monoisotopic (exact) mass is 684 g/mol. The maximum atomic E-state index is 15.5. The van der Waals surface area contributed by atoms with Crippen LogP contribution < -0.4 is 10.2 Å². The van der Waals surface area contributed by atoms with Gasteiger partial charge >= 0.3 is 5.97 Å². The molecule has 1 saturated carbocycles. The molecule has 0 aromatic heterocycles. The molecule has 10 nitrogen and oxygen atoms in total. The number of hydrogen-bond donors (Lipinski definition) is 1. The van der Waals surface area contributed by atoms with E-state index >= 15 is 4.39 Å². The van der Waals surface area contributed by atoms with E-state index in [-0.39, 0.29) is 70.7 Å². The molecule has 3 fully saturated rings. The Bertz CT molecular complexity index is 1500. The largest absolute Gasteiger partial charge is 0.466 e. The standard InChI is InChI=1S/C36H46ClFN4O6/c1-4-47-36(45)22-9-11-26(12-10-22)48-21-25-15-24(41-18-27(19-41)46-3)17-42(25)34(43)14-23-13-30(37)32(16-31(23)38)39-35(44)29-20-40(2)33-8-6-5-7-28(29)33/h5-8,13,16,22,24-27,29H,4,9-12,14-15,17-21H2,1-3H3,(H,39,44)/t22?,24-,25-,26?,29?/m0/s1. The van der Waals surface area contributed by atoms with Crippen molar-refractivity contribution in [2.75, 3.05) is 63.8 Å². The second-order valence-corrected chi connectivity index (χ2v) is 13.9. The van der Waals surface area contributed by atoms with Crippen LogP contribution in [0.1, 0.15) is 56.1 Å². The van der Waals surface area contributed by atoms with E-state index in [2.05, 4.69) is 10.2 Å². The smallest absolute Gasteiger partial charge is 0.308 e. The number of amides is 2. The summed E-state index contributed by atoms with van der Waals surface area (Å²) in [6.07, 6.45) is 3.81. The van der Waals surface area contributed by atoms with Crippen molar-refractivity contribution in [3.63, 3.8) is 0 Å². The molecule has 260 valence electrons. The topological polar surface area (TPSA) is 101 Å². The molecule has 0 radical (unpaired) electrons. The van der Waals surface area contributed by atoms with Gasteiger partial charge in [0.15, 0.2) is 0 Å². The van der Waals surface area contributed by atoms with Crippen molar-refractivity contribution < 1.29 is 33.0 Å². The Kier molecular flexibility index (Phi) is 10.9. The molecule has 3 aliphatic heterocycles. The molecule has 1 N–H and O–H groups in total. The number of likely N-dealkylation sites (N-methyl/N-ethyl adjacent to an activating group) is 1. The van der Waals surface area contributed by atoms with Crippen LogP contribution in [0.3, 0.4) is 0 Å². The number of benzene rings is 2. The predicted molar refractivity (Wildman–Crippen MR) is 181 cm³/mol. The van der Waals surface area contributed by atoms with Gasteiger partial charge in [-0.25, -0.2) is 4.39 Å². The van der Waals surface area contributed by atoms with Crippen molar-refractivity contribution in [1.82, 2.24) is 9.80 Å². The van der Waals surface area contributed by atoms with E-state index in [1.165, 1.54) is 12.1 Å². The average molecular weight is 685 g/mol. The second-order valence-electron chi connectivity index (χ2n) is 13.5. The third-order valence-corrected chi connectivity index (χ3v) is 10.8. The van der Waals surface area contributed by atoms with E-state index in [0.29, 0.717) is 26.3 Å². The van der Waals surface area contributed by atoms with Crippen LogP contribution >= 0.6 is 11.6 Å². The zero-order valence-corrected chi connectivity index (χ0v) is 28.7. The number of carbonyl (C=O) groups is 3. The third-order valence-electron chi connectivity index (χ3n) is 10.5. The first-order chi connectivity index (χ1) is 23.1. The lowest BCUT2D eigenvalue weighted by molar-refractivity contribution is -0.150. The summed E-state index contributed by atoms with van der Waals surface area (Å²) in [5, 5.41) is 2.99. The van der Waals surface area contributed by atoms with Gasteiger partial charge in [0.2, 0.25) is 11.8 Å². The van der Waals surface area contributed by atoms with Crippen LogP contribution in [-0.2, 0) is 35.0 Å². The normalized spacial score (nSPS) is 25.9. The Hall–Kier alpha value is -3.25. The number of anilines is 2. The molecular formula is C36H46ClFN4O6. The van der Waals surface area contributed by atoms with Gasteiger partial charge in [-0.3, -0.25) is 19.3 Å². The first-order valence-corrected chi connectivity index (χ1v) is 17.5. The molecule has 6 rings (SSSR count). The molecule has 2 amide bonds. The first kappa shape index (κ1) is 34.6. The zero-order chi connectivity index (χ0) is 33.9. The van der Waals surface area contributed by atoms with Crippen molar-refractivity contribution in [1.29, 1.82) is 0 Å². The molecule has 4 aliphatic rings. The fourth-order valence-corrected chi connectivity index (χ4v) is 7.87. The number of methoxy groups -OCH3 is 1. The molecule has 48 heavy (non-hydrogen) atoms. The number of rotatable bonds is 11. The lowest BCUT2D eigenvalue weighted by atomic mass is 9.87. The highest BCUT2D eigenvalue weighted by Gasteiger charge is 2.42. The summed E-state index contributed by atoms with van der Waals surface area (Å²) in [4.78, 5) is 45.4. The number of nitrogens with zero attached hydrogens (tertiary/aromatic N) is 3. The predicted octanol–water partition coefficient (Wildman–Crippen LogP) is 4.63. The second kappa shape index (κ2) is 15.1. The maximum Gasteiger partial charge on any atom is 0.308 e. The Morgan fingerprint density at radius 1 is 1.02 bits per heavy atom. The van der Waals surface area contributed by atoms with E-state index in [0.717, 1.165) is 56.4 Å². The summed E-state index contributed by atoms with van der Waals surface area (Å²) >= 11 is 6.57. The number of ether oxygens (including phenoxy) is 3. The van der Waals surface area contributed by atoms with Crippen LogP contribution in [0.25, 0.3) is 0 Å². The number of para-hydroxylation sites is 1. The fraction of sp³-hybridized carbons (Fsp3) is 0.583. The van der Waals surface area contributed by atoms with Crippen molar-refractivity contribution in [3.8, 4) is 0 Å². The van der Waals surface area contributed by atoms with Gasteiger partial charge in [0.25, 0.3) is 0 Å². The van der Waals surface area contributed by atoms with Gasteiger partial charge in [-0.2, -0.15) is 0 Å². The summed E-state index contributed by atoms with van der Waals surface area (Å²) in [5.41, 5.74) is 2.26. The molecule has 12 heteroatoms. The van der Waals surface area contributed by atoms with Crippen LogP contribution in [0, 0.1) is 11.7 Å². The zero-order valence-electron chi connectivity index (χ0n) is 28.0. The molecule has 0 bridgehead atoms. The Labute approximate surface area is 286 Å². The minimum Gasteiger partial charge on any atom is -0.466 e. The van der Waals surface area contributed by atoms with Crippen molar-refractivity contribution in [2.24, 2.45) is 5.92 Å². The lowest BCUT2D eigenvalue weighted by Crippen LogP contribution is -2.56. The van der Waals surface area contributed by atoms with Gasteiger partial charge in [-0.15, -0.1) is 0 Å². The van der Waals surface area contributed by atoms with Crippen LogP contribution in [0.4, 0.5) is 15.8 Å². The number of carbonyl (C=O) groups excluding carboxylic acids is 3. The number of hydrogen-bond acceptors (Lipinski definition) is 8. The molecule has 2 aromatic rings. The van der Waals surface area contributed by atoms with Crippen LogP contribution in [0.5, 0.6) is 0 Å². The fourth-order valence-electron chi connectivity index (χ4n) is 7.64. The Morgan fingerprint density at radius 3 is 2.50 bits per heavy atom. The molecule has 1 aliphatic carbocycles. The number of halogens is 2. The summed E-state index contributed by atoms with van der Waals surface area (Å²) in [6.45, 7) is 5.25. The van der Waals surface area contributed by atoms with E-state index < -0.39 is 11.7 Å². The highest BCUT2D eigenvalue weighted by molar-refractivity contribution is 6.33. The van der Waals surface area contributed by atoms with Crippen molar-refractivity contribution in [3.05, 3.63) is 58.4 Å². The van der Waals surface area contributed by atoms with E-state index in [4.69, 9.17) is 25.8 Å². The Morgan fingerprint density at radius 2 is 1.77 bits per heavy atom. The summed E-state index contributed by atoms with van der Waals surface area (Å²) in [6, 6.07) is 10.4. The number of likely N-dealkylation sites (tertiary alicyclic amines) is 2. The SMILES string of the molecule is CCOC(=O)C1CCC(OC[C@@H]2C[C@H](N3CC(OC)C3)CN2C(=O)Cc2cc(Cl)c(NC(=O)C3CN(C)c4ccccc43)cc2F)CC1. The minimum atomic E-state index is -0.598. The van der Waals surface area contributed by atoms with Gasteiger partial charge in [-0.05, 0) is 68.4 Å².